The van der Waals surface area contributed by atoms with E-state index < -0.39 is 0 Å². The Labute approximate surface area is 142 Å². The molecule has 0 radical (unpaired) electrons. The molecule has 3 rings (SSSR count). The lowest BCUT2D eigenvalue weighted by Gasteiger charge is -2.08. The smallest absolute Gasteiger partial charge is 0.152 e. The van der Waals surface area contributed by atoms with E-state index in [2.05, 4.69) is 69.3 Å². The van der Waals surface area contributed by atoms with Gasteiger partial charge < -0.3 is 10.4 Å². The van der Waals surface area contributed by atoms with Gasteiger partial charge in [0.25, 0.3) is 0 Å². The number of phenolic OH excluding ortho intramolecular Hbond substituents is 1. The summed E-state index contributed by atoms with van der Waals surface area (Å²) in [7, 11) is 0. The highest BCUT2D eigenvalue weighted by atomic mass is 127. The number of aromatic hydroxyl groups is 1. The van der Waals surface area contributed by atoms with Gasteiger partial charge in [0, 0.05) is 15.3 Å². The maximum absolute atomic E-state index is 9.56. The van der Waals surface area contributed by atoms with E-state index in [4.69, 9.17) is 0 Å². The predicted octanol–water partition coefficient (Wildman–Crippen LogP) is 4.69. The van der Waals surface area contributed by atoms with Gasteiger partial charge in [-0.3, -0.25) is 5.10 Å². The Morgan fingerprint density at radius 1 is 1.14 bits per heavy atom. The molecule has 0 fully saturated rings. The zero-order valence-corrected chi connectivity index (χ0v) is 14.3. The van der Waals surface area contributed by atoms with Gasteiger partial charge in [-0.2, -0.15) is 5.10 Å². The lowest BCUT2D eigenvalue weighted by Crippen LogP contribution is -1.95. The van der Waals surface area contributed by atoms with Gasteiger partial charge in [0.1, 0.15) is 5.75 Å². The number of hydrogen-bond acceptors (Lipinski definition) is 3. The normalized spacial score (nSPS) is 10.6. The van der Waals surface area contributed by atoms with Gasteiger partial charge in [-0.25, -0.2) is 0 Å². The first-order chi connectivity index (χ1) is 10.7. The number of aryl methyl sites for hydroxylation is 1. The van der Waals surface area contributed by atoms with E-state index in [9.17, 15) is 5.11 Å². The van der Waals surface area contributed by atoms with E-state index in [0.29, 0.717) is 0 Å². The van der Waals surface area contributed by atoms with Crippen molar-refractivity contribution in [2.45, 2.75) is 13.3 Å². The quantitative estimate of drug-likeness (QED) is 0.436. The fraction of sp³-hybridized carbons (Fsp3) is 0.118. The van der Waals surface area contributed by atoms with Crippen LogP contribution in [0.1, 0.15) is 12.5 Å². The minimum atomic E-state index is 0.281. The van der Waals surface area contributed by atoms with E-state index in [0.717, 1.165) is 34.7 Å². The number of nitrogens with one attached hydrogen (secondary N) is 2. The molecule has 0 bridgehead atoms. The summed E-state index contributed by atoms with van der Waals surface area (Å²) in [5.74, 6) is 1.04. The van der Waals surface area contributed by atoms with Crippen LogP contribution in [0.25, 0.3) is 11.3 Å². The number of nitrogens with zero attached hydrogens (tertiary/aromatic N) is 1. The number of anilines is 2. The maximum atomic E-state index is 9.56. The zero-order valence-electron chi connectivity index (χ0n) is 12.1. The SMILES string of the molecule is CCc1cc(O)ccc1Nc1cc(-c2ccc(I)cc2)[nH]n1. The van der Waals surface area contributed by atoms with Crippen LogP contribution < -0.4 is 5.32 Å². The van der Waals surface area contributed by atoms with Crippen molar-refractivity contribution in [3.63, 3.8) is 0 Å². The second kappa shape index (κ2) is 6.39. The minimum absolute atomic E-state index is 0.281. The number of halogens is 1. The summed E-state index contributed by atoms with van der Waals surface area (Å²) in [5.41, 5.74) is 4.08. The minimum Gasteiger partial charge on any atom is -0.508 e. The lowest BCUT2D eigenvalue weighted by molar-refractivity contribution is 0.474. The Kier molecular flexibility index (Phi) is 4.33. The topological polar surface area (TPSA) is 60.9 Å². The average molecular weight is 405 g/mol. The molecular formula is C17H16IN3O. The highest BCUT2D eigenvalue weighted by Crippen LogP contribution is 2.26. The molecule has 3 N–H and O–H groups in total. The van der Waals surface area contributed by atoms with Crippen LogP contribution in [-0.4, -0.2) is 15.3 Å². The van der Waals surface area contributed by atoms with Crippen LogP contribution >= 0.6 is 22.6 Å². The molecule has 0 spiro atoms. The average Bonchev–Trinajstić information content (AvgIpc) is 2.98. The number of hydrogen-bond donors (Lipinski definition) is 3. The molecule has 5 heteroatoms. The maximum Gasteiger partial charge on any atom is 0.152 e. The number of rotatable bonds is 4. The molecule has 2 aromatic carbocycles. The van der Waals surface area contributed by atoms with Crippen LogP contribution in [-0.2, 0) is 6.42 Å². The Hall–Kier alpha value is -2.02. The molecule has 4 nitrogen and oxygen atoms in total. The van der Waals surface area contributed by atoms with Crippen molar-refractivity contribution in [2.24, 2.45) is 0 Å². The molecule has 0 aliphatic heterocycles. The Balaban J connectivity index is 1.84. The molecule has 1 heterocycles. The van der Waals surface area contributed by atoms with E-state index in [1.165, 1.54) is 3.57 Å². The largest absolute Gasteiger partial charge is 0.508 e. The van der Waals surface area contributed by atoms with E-state index in [1.807, 2.05) is 12.1 Å². The number of benzene rings is 2. The summed E-state index contributed by atoms with van der Waals surface area (Å²) in [6, 6.07) is 15.6. The third-order valence-corrected chi connectivity index (χ3v) is 4.18. The zero-order chi connectivity index (χ0) is 15.5. The van der Waals surface area contributed by atoms with Gasteiger partial charge >= 0.3 is 0 Å². The molecule has 0 aliphatic carbocycles. The van der Waals surface area contributed by atoms with Gasteiger partial charge in [0.2, 0.25) is 0 Å². The van der Waals surface area contributed by atoms with Gasteiger partial charge in [0.15, 0.2) is 5.82 Å². The van der Waals surface area contributed by atoms with Gasteiger partial charge in [-0.1, -0.05) is 19.1 Å². The van der Waals surface area contributed by atoms with Gasteiger partial charge in [-0.15, -0.1) is 0 Å². The molecule has 1 aromatic heterocycles. The summed E-state index contributed by atoms with van der Waals surface area (Å²) in [6.45, 7) is 2.06. The third-order valence-electron chi connectivity index (χ3n) is 3.47. The summed E-state index contributed by atoms with van der Waals surface area (Å²) >= 11 is 2.29. The van der Waals surface area contributed by atoms with Gasteiger partial charge in [0.05, 0.1) is 5.69 Å². The number of H-pyrrole nitrogens is 1. The predicted molar refractivity (Wildman–Crippen MR) is 97.5 cm³/mol. The summed E-state index contributed by atoms with van der Waals surface area (Å²) < 4.78 is 1.20. The second-order valence-electron chi connectivity index (χ2n) is 4.99. The lowest BCUT2D eigenvalue weighted by atomic mass is 10.1. The molecular weight excluding hydrogens is 389 g/mol. The highest BCUT2D eigenvalue weighted by Gasteiger charge is 2.07. The molecule has 0 unspecified atom stereocenters. The molecule has 0 amide bonds. The number of aromatic nitrogens is 2. The van der Waals surface area contributed by atoms with Crippen molar-refractivity contribution in [3.05, 3.63) is 57.7 Å². The number of phenols is 1. The Bertz CT molecular complexity index is 781. The Morgan fingerprint density at radius 2 is 1.91 bits per heavy atom. The standard InChI is InChI=1S/C17H16IN3O/c1-2-11-9-14(22)7-8-15(11)19-17-10-16(20-21-17)12-3-5-13(18)6-4-12/h3-10,22H,2H2,1H3,(H2,19,20,21). The molecule has 0 saturated carbocycles. The van der Waals surface area contributed by atoms with E-state index in [-0.39, 0.29) is 5.75 Å². The van der Waals surface area contributed by atoms with Crippen LogP contribution in [0.5, 0.6) is 5.75 Å². The molecule has 0 saturated heterocycles. The van der Waals surface area contributed by atoms with Crippen molar-refractivity contribution in [3.8, 4) is 17.0 Å². The Morgan fingerprint density at radius 3 is 2.64 bits per heavy atom. The molecule has 0 aliphatic rings. The fourth-order valence-electron chi connectivity index (χ4n) is 2.30. The monoisotopic (exact) mass is 405 g/mol. The van der Waals surface area contributed by atoms with Crippen molar-refractivity contribution in [1.82, 2.24) is 10.2 Å². The second-order valence-corrected chi connectivity index (χ2v) is 6.24. The third kappa shape index (κ3) is 3.24. The van der Waals surface area contributed by atoms with Crippen LogP contribution in [0.3, 0.4) is 0 Å². The summed E-state index contributed by atoms with van der Waals surface area (Å²) in [5, 5.41) is 20.2. The van der Waals surface area contributed by atoms with E-state index >= 15 is 0 Å². The van der Waals surface area contributed by atoms with Crippen molar-refractivity contribution in [1.29, 1.82) is 0 Å². The molecule has 3 aromatic rings. The summed E-state index contributed by atoms with van der Waals surface area (Å²) in [4.78, 5) is 0. The number of aromatic amines is 1. The highest BCUT2D eigenvalue weighted by molar-refractivity contribution is 14.1. The molecule has 22 heavy (non-hydrogen) atoms. The first-order valence-corrected chi connectivity index (χ1v) is 8.14. The van der Waals surface area contributed by atoms with Crippen molar-refractivity contribution in [2.75, 3.05) is 5.32 Å². The first-order valence-electron chi connectivity index (χ1n) is 7.06. The van der Waals surface area contributed by atoms with Gasteiger partial charge in [-0.05, 0) is 70.5 Å². The fourth-order valence-corrected chi connectivity index (χ4v) is 2.66. The molecule has 112 valence electrons. The van der Waals surface area contributed by atoms with Crippen LogP contribution in [0.2, 0.25) is 0 Å². The molecule has 0 atom stereocenters. The van der Waals surface area contributed by atoms with E-state index in [1.54, 1.807) is 12.1 Å². The first kappa shape index (κ1) is 14.9. The summed E-state index contributed by atoms with van der Waals surface area (Å²) in [6.07, 6.45) is 0.838. The van der Waals surface area contributed by atoms with Crippen LogP contribution in [0, 0.1) is 3.57 Å². The van der Waals surface area contributed by atoms with Crippen molar-refractivity contribution < 1.29 is 5.11 Å². The van der Waals surface area contributed by atoms with Crippen LogP contribution in [0.15, 0.2) is 48.5 Å². The van der Waals surface area contributed by atoms with Crippen molar-refractivity contribution >= 4 is 34.1 Å². The van der Waals surface area contributed by atoms with Crippen LogP contribution in [0.4, 0.5) is 11.5 Å².